The Balaban J connectivity index is 1.89. The Kier molecular flexibility index (Phi) is 4.79. The molecule has 3 amide bonds. The van der Waals surface area contributed by atoms with E-state index in [9.17, 15) is 9.59 Å². The van der Waals surface area contributed by atoms with E-state index < -0.39 is 6.03 Å². The van der Waals surface area contributed by atoms with Crippen molar-refractivity contribution in [3.8, 4) is 0 Å². The highest BCUT2D eigenvalue weighted by molar-refractivity contribution is 6.09. The number of hydrogen-bond donors (Lipinski definition) is 3. The summed E-state index contributed by atoms with van der Waals surface area (Å²) in [7, 11) is 0. The molecule has 2 aromatic rings. The molecule has 0 saturated carbocycles. The van der Waals surface area contributed by atoms with E-state index in [2.05, 4.69) is 15.8 Å². The van der Waals surface area contributed by atoms with Gasteiger partial charge in [-0.15, -0.1) is 0 Å². The van der Waals surface area contributed by atoms with Gasteiger partial charge in [0.05, 0.1) is 5.71 Å². The lowest BCUT2D eigenvalue weighted by Gasteiger charge is -2.13. The van der Waals surface area contributed by atoms with Crippen molar-refractivity contribution >= 4 is 23.3 Å². The minimum absolute atomic E-state index is 0.266. The van der Waals surface area contributed by atoms with Crippen molar-refractivity contribution < 1.29 is 14.0 Å². The summed E-state index contributed by atoms with van der Waals surface area (Å²) in [5.41, 5.74) is 12.5. The van der Waals surface area contributed by atoms with Crippen molar-refractivity contribution in [2.45, 2.75) is 40.0 Å². The van der Waals surface area contributed by atoms with Crippen molar-refractivity contribution in [3.63, 3.8) is 0 Å². The van der Waals surface area contributed by atoms with Crippen LogP contribution in [0.5, 0.6) is 0 Å². The number of benzene rings is 1. The second-order valence-corrected chi connectivity index (χ2v) is 6.50. The Morgan fingerprint density at radius 1 is 1.15 bits per heavy atom. The van der Waals surface area contributed by atoms with Crippen molar-refractivity contribution in [1.29, 1.82) is 0 Å². The van der Waals surface area contributed by atoms with Crippen LogP contribution >= 0.6 is 0 Å². The Hall–Kier alpha value is -3.09. The lowest BCUT2D eigenvalue weighted by Crippen LogP contribution is -2.27. The number of nitrogens with one attached hydrogen (secondary N) is 2. The molecule has 1 aromatic carbocycles. The van der Waals surface area contributed by atoms with Crippen LogP contribution in [0.15, 0.2) is 27.7 Å². The third-order valence-corrected chi connectivity index (χ3v) is 4.60. The molecular formula is C19H22N4O3. The number of hydrogen-bond acceptors (Lipinski definition) is 4. The van der Waals surface area contributed by atoms with Gasteiger partial charge < -0.3 is 15.5 Å². The maximum atomic E-state index is 12.7. The van der Waals surface area contributed by atoms with Gasteiger partial charge in [0.25, 0.3) is 5.91 Å². The molecule has 0 fully saturated rings. The monoisotopic (exact) mass is 354 g/mol. The molecule has 1 aliphatic carbocycles. The van der Waals surface area contributed by atoms with Crippen LogP contribution in [0.3, 0.4) is 0 Å². The van der Waals surface area contributed by atoms with Gasteiger partial charge in [-0.2, -0.15) is 5.10 Å². The minimum atomic E-state index is -0.724. The fraction of sp³-hybridized carbons (Fsp3) is 0.316. The normalized spacial score (nSPS) is 14.8. The number of rotatable bonds is 3. The number of nitrogens with zero attached hydrogens (tertiary/aromatic N) is 1. The molecule has 7 nitrogen and oxygen atoms in total. The van der Waals surface area contributed by atoms with Crippen molar-refractivity contribution in [2.24, 2.45) is 10.8 Å². The summed E-state index contributed by atoms with van der Waals surface area (Å²) in [6.45, 7) is 5.84. The number of carbonyl (C=O) groups excluding carboxylic acids is 2. The second kappa shape index (κ2) is 7.03. The molecule has 7 heteroatoms. The molecule has 136 valence electrons. The number of nitrogens with two attached hydrogens (primary N) is 1. The Bertz CT molecular complexity index is 912. The quantitative estimate of drug-likeness (QED) is 0.736. The molecule has 0 unspecified atom stereocenters. The summed E-state index contributed by atoms with van der Waals surface area (Å²) in [6, 6.07) is 5.03. The SMILES string of the molecule is Cc1ccc(NC(=O)c2oc3c(c2C)/C(=N/NC(N)=O)CCC3)cc1C. The number of fused-ring (bicyclic) bond motifs is 1. The summed E-state index contributed by atoms with van der Waals surface area (Å²) in [4.78, 5) is 23.6. The van der Waals surface area contributed by atoms with Gasteiger partial charge >= 0.3 is 6.03 Å². The number of furan rings is 1. The number of carbonyl (C=O) groups is 2. The maximum Gasteiger partial charge on any atom is 0.332 e. The first-order valence-electron chi connectivity index (χ1n) is 8.50. The van der Waals surface area contributed by atoms with Gasteiger partial charge in [0.1, 0.15) is 5.76 Å². The van der Waals surface area contributed by atoms with Crippen molar-refractivity contribution in [1.82, 2.24) is 5.43 Å². The molecule has 1 aromatic heterocycles. The molecule has 0 spiro atoms. The predicted octanol–water partition coefficient (Wildman–Crippen LogP) is 3.17. The number of anilines is 1. The molecule has 0 atom stereocenters. The topological polar surface area (TPSA) is 110 Å². The van der Waals surface area contributed by atoms with E-state index in [0.29, 0.717) is 23.5 Å². The Labute approximate surface area is 151 Å². The van der Waals surface area contributed by atoms with Crippen LogP contribution in [0.25, 0.3) is 0 Å². The molecule has 0 saturated heterocycles. The zero-order valence-electron chi connectivity index (χ0n) is 15.1. The van der Waals surface area contributed by atoms with E-state index in [-0.39, 0.29) is 11.7 Å². The fourth-order valence-electron chi connectivity index (χ4n) is 3.13. The molecule has 1 heterocycles. The van der Waals surface area contributed by atoms with Gasteiger partial charge in [0.15, 0.2) is 5.76 Å². The molecule has 0 radical (unpaired) electrons. The predicted molar refractivity (Wildman–Crippen MR) is 99.5 cm³/mol. The van der Waals surface area contributed by atoms with E-state index in [0.717, 1.165) is 35.2 Å². The average Bonchev–Trinajstić information content (AvgIpc) is 2.94. The van der Waals surface area contributed by atoms with Crippen molar-refractivity contribution in [2.75, 3.05) is 5.32 Å². The molecule has 4 N–H and O–H groups in total. The second-order valence-electron chi connectivity index (χ2n) is 6.50. The van der Waals surface area contributed by atoms with Gasteiger partial charge in [0.2, 0.25) is 0 Å². The van der Waals surface area contributed by atoms with Crippen LogP contribution in [0.4, 0.5) is 10.5 Å². The summed E-state index contributed by atoms with van der Waals surface area (Å²) in [5, 5.41) is 6.94. The van der Waals surface area contributed by atoms with E-state index in [4.69, 9.17) is 10.2 Å². The lowest BCUT2D eigenvalue weighted by atomic mass is 9.93. The van der Waals surface area contributed by atoms with Gasteiger partial charge in [-0.3, -0.25) is 4.79 Å². The molecule has 3 rings (SSSR count). The number of hydrazone groups is 1. The van der Waals surface area contributed by atoms with Crippen LogP contribution in [0, 0.1) is 20.8 Å². The van der Waals surface area contributed by atoms with Crippen LogP contribution in [0.1, 0.15) is 51.4 Å². The van der Waals surface area contributed by atoms with E-state index in [1.165, 1.54) is 0 Å². The van der Waals surface area contributed by atoms with E-state index >= 15 is 0 Å². The minimum Gasteiger partial charge on any atom is -0.455 e. The summed E-state index contributed by atoms with van der Waals surface area (Å²) < 4.78 is 5.83. The van der Waals surface area contributed by atoms with Crippen LogP contribution in [-0.4, -0.2) is 17.6 Å². The fourth-order valence-corrected chi connectivity index (χ4v) is 3.13. The summed E-state index contributed by atoms with van der Waals surface area (Å²) in [5.74, 6) is 0.674. The first kappa shape index (κ1) is 17.7. The van der Waals surface area contributed by atoms with Crippen LogP contribution in [0.2, 0.25) is 0 Å². The highest BCUT2D eigenvalue weighted by Gasteiger charge is 2.28. The summed E-state index contributed by atoms with van der Waals surface area (Å²) in [6.07, 6.45) is 2.24. The van der Waals surface area contributed by atoms with Gasteiger partial charge in [0, 0.05) is 23.2 Å². The average molecular weight is 354 g/mol. The maximum absolute atomic E-state index is 12.7. The molecule has 1 aliphatic rings. The summed E-state index contributed by atoms with van der Waals surface area (Å²) >= 11 is 0. The third kappa shape index (κ3) is 3.46. The standard InChI is InChI=1S/C19H22N4O3/c1-10-7-8-13(9-11(10)2)21-18(24)17-12(3)16-14(22-23-19(20)25)5-4-6-15(16)26-17/h7-9H,4-6H2,1-3H3,(H,21,24)(H3,20,23,25)/b22-14+. The zero-order chi connectivity index (χ0) is 18.8. The Morgan fingerprint density at radius 2 is 1.92 bits per heavy atom. The zero-order valence-corrected chi connectivity index (χ0v) is 15.1. The molecule has 0 bridgehead atoms. The lowest BCUT2D eigenvalue weighted by molar-refractivity contribution is 0.0994. The van der Waals surface area contributed by atoms with Crippen molar-refractivity contribution in [3.05, 3.63) is 52.0 Å². The highest BCUT2D eigenvalue weighted by Crippen LogP contribution is 2.30. The van der Waals surface area contributed by atoms with Gasteiger partial charge in [-0.1, -0.05) is 6.07 Å². The first-order chi connectivity index (χ1) is 12.4. The highest BCUT2D eigenvalue weighted by atomic mass is 16.4. The van der Waals surface area contributed by atoms with E-state index in [1.807, 2.05) is 39.0 Å². The number of aryl methyl sites for hydroxylation is 3. The Morgan fingerprint density at radius 3 is 2.62 bits per heavy atom. The van der Waals surface area contributed by atoms with E-state index in [1.54, 1.807) is 0 Å². The van der Waals surface area contributed by atoms with Gasteiger partial charge in [-0.05, 0) is 56.9 Å². The smallest absolute Gasteiger partial charge is 0.332 e. The van der Waals surface area contributed by atoms with Crippen LogP contribution < -0.4 is 16.5 Å². The number of urea groups is 1. The molecule has 0 aliphatic heterocycles. The molecule has 26 heavy (non-hydrogen) atoms. The number of primary amides is 1. The molecular weight excluding hydrogens is 332 g/mol. The largest absolute Gasteiger partial charge is 0.455 e. The van der Waals surface area contributed by atoms with Crippen LogP contribution in [-0.2, 0) is 6.42 Å². The number of amides is 3. The first-order valence-corrected chi connectivity index (χ1v) is 8.50. The van der Waals surface area contributed by atoms with Gasteiger partial charge in [-0.25, -0.2) is 10.2 Å². The third-order valence-electron chi connectivity index (χ3n) is 4.60.